The van der Waals surface area contributed by atoms with Crippen molar-refractivity contribution in [2.75, 3.05) is 41.6 Å². The Morgan fingerprint density at radius 3 is 2.33 bits per heavy atom. The summed E-state index contributed by atoms with van der Waals surface area (Å²) in [6, 6.07) is 15.2. The van der Waals surface area contributed by atoms with Gasteiger partial charge in [-0.3, -0.25) is 4.79 Å². The quantitative estimate of drug-likeness (QED) is 0.216. The second-order valence-electron chi connectivity index (χ2n) is 9.82. The molecule has 46 heavy (non-hydrogen) atoms. The first-order valence-corrected chi connectivity index (χ1v) is 14.7. The fourth-order valence-corrected chi connectivity index (χ4v) is 5.65. The zero-order valence-electron chi connectivity index (χ0n) is 25.7. The number of nitrogens with one attached hydrogen (secondary N) is 1. The van der Waals surface area contributed by atoms with Gasteiger partial charge >= 0.3 is 23.8 Å². The van der Waals surface area contributed by atoms with Crippen molar-refractivity contribution < 1.29 is 47.5 Å². The van der Waals surface area contributed by atoms with E-state index in [1.165, 1.54) is 28.4 Å². The summed E-state index contributed by atoms with van der Waals surface area (Å²) in [4.78, 5) is 39.3. The normalized spacial score (nSPS) is 15.7. The number of rotatable bonds is 12. The number of nitrogens with zero attached hydrogens (tertiary/aromatic N) is 2. The SMILES string of the molecule is CCOC(=O)CNC(=O)OC1(c2cccc(OC)c2)OC(=O)C(c2ccc3nsnc3c2)=C1Cc1cc(OC)c(OC)c(OC)c1. The number of benzene rings is 3. The Balaban J connectivity index is 1.73. The molecule has 5 rings (SSSR count). The van der Waals surface area contributed by atoms with Crippen LogP contribution in [0.5, 0.6) is 23.0 Å². The van der Waals surface area contributed by atoms with Crippen LogP contribution in [0.25, 0.3) is 16.6 Å². The van der Waals surface area contributed by atoms with Crippen LogP contribution in [-0.4, -0.2) is 68.4 Å². The number of esters is 2. The van der Waals surface area contributed by atoms with Crippen molar-refractivity contribution in [3.63, 3.8) is 0 Å². The molecule has 13 nitrogen and oxygen atoms in total. The second-order valence-corrected chi connectivity index (χ2v) is 10.3. The maximum absolute atomic E-state index is 14.0. The van der Waals surface area contributed by atoms with Crippen molar-refractivity contribution in [1.82, 2.24) is 14.1 Å². The fourth-order valence-electron chi connectivity index (χ4n) is 5.13. The first-order chi connectivity index (χ1) is 22.3. The number of methoxy groups -OCH3 is 4. The minimum absolute atomic E-state index is 0.00745. The molecule has 0 aliphatic carbocycles. The third-order valence-electron chi connectivity index (χ3n) is 7.16. The molecule has 0 radical (unpaired) electrons. The van der Waals surface area contributed by atoms with Gasteiger partial charge in [-0.05, 0) is 54.4 Å². The van der Waals surface area contributed by atoms with Crippen LogP contribution < -0.4 is 24.3 Å². The van der Waals surface area contributed by atoms with Gasteiger partial charge in [0.25, 0.3) is 0 Å². The van der Waals surface area contributed by atoms with Gasteiger partial charge in [-0.15, -0.1) is 0 Å². The van der Waals surface area contributed by atoms with E-state index >= 15 is 0 Å². The van der Waals surface area contributed by atoms with Crippen LogP contribution in [0.3, 0.4) is 0 Å². The Labute approximate surface area is 268 Å². The molecule has 1 atom stereocenters. The van der Waals surface area contributed by atoms with Crippen molar-refractivity contribution in [3.05, 3.63) is 76.9 Å². The molecule has 1 unspecified atom stereocenters. The van der Waals surface area contributed by atoms with Gasteiger partial charge in [0, 0.05) is 17.6 Å². The highest BCUT2D eigenvalue weighted by Crippen LogP contribution is 2.49. The van der Waals surface area contributed by atoms with E-state index in [2.05, 4.69) is 14.1 Å². The average Bonchev–Trinajstić information content (AvgIpc) is 3.65. The molecule has 1 amide bonds. The van der Waals surface area contributed by atoms with E-state index < -0.39 is 30.4 Å². The zero-order valence-corrected chi connectivity index (χ0v) is 26.5. The number of ether oxygens (including phenoxy) is 7. The molecule has 1 N–H and O–H groups in total. The predicted octanol–water partition coefficient (Wildman–Crippen LogP) is 4.42. The van der Waals surface area contributed by atoms with Gasteiger partial charge in [-0.1, -0.05) is 18.2 Å². The Hall–Kier alpha value is -5.37. The number of fused-ring (bicyclic) bond motifs is 1. The maximum Gasteiger partial charge on any atom is 0.411 e. The van der Waals surface area contributed by atoms with Crippen LogP contribution in [0.4, 0.5) is 4.79 Å². The van der Waals surface area contributed by atoms with Crippen molar-refractivity contribution in [1.29, 1.82) is 0 Å². The van der Waals surface area contributed by atoms with Gasteiger partial charge in [0.2, 0.25) is 5.75 Å². The van der Waals surface area contributed by atoms with E-state index in [0.717, 1.165) is 11.7 Å². The maximum atomic E-state index is 14.0. The smallest absolute Gasteiger partial charge is 0.411 e. The Bertz CT molecular complexity index is 1800. The fraction of sp³-hybridized carbons (Fsp3) is 0.281. The Morgan fingerprint density at radius 2 is 1.65 bits per heavy atom. The number of aromatic nitrogens is 2. The minimum atomic E-state index is -2.10. The first-order valence-electron chi connectivity index (χ1n) is 14.0. The van der Waals surface area contributed by atoms with Crippen LogP contribution in [0.1, 0.15) is 23.6 Å². The van der Waals surface area contributed by atoms with E-state index in [1.807, 2.05) is 0 Å². The van der Waals surface area contributed by atoms with Gasteiger partial charge in [0.15, 0.2) is 11.5 Å². The highest BCUT2D eigenvalue weighted by atomic mass is 32.1. The monoisotopic (exact) mass is 649 g/mol. The summed E-state index contributed by atoms with van der Waals surface area (Å²) in [5, 5.41) is 2.39. The van der Waals surface area contributed by atoms with E-state index in [4.69, 9.17) is 33.2 Å². The van der Waals surface area contributed by atoms with Gasteiger partial charge < -0.3 is 38.5 Å². The topological polar surface area (TPSA) is 154 Å². The molecule has 2 heterocycles. The lowest BCUT2D eigenvalue weighted by Gasteiger charge is -2.31. The molecular weight excluding hydrogens is 618 g/mol. The first kappa shape index (κ1) is 32.0. The van der Waals surface area contributed by atoms with E-state index in [-0.39, 0.29) is 29.7 Å². The molecule has 0 spiro atoms. The average molecular weight is 650 g/mol. The van der Waals surface area contributed by atoms with Gasteiger partial charge in [0.05, 0.1) is 52.3 Å². The third kappa shape index (κ3) is 6.24. The lowest BCUT2D eigenvalue weighted by Crippen LogP contribution is -2.41. The van der Waals surface area contributed by atoms with Gasteiger partial charge in [-0.2, -0.15) is 8.75 Å². The summed E-state index contributed by atoms with van der Waals surface area (Å²) in [6.45, 7) is 1.30. The lowest BCUT2D eigenvalue weighted by molar-refractivity contribution is -0.185. The van der Waals surface area contributed by atoms with Crippen molar-refractivity contribution >= 4 is 46.4 Å². The largest absolute Gasteiger partial charge is 0.497 e. The summed E-state index contributed by atoms with van der Waals surface area (Å²) >= 11 is 1.04. The molecule has 0 fully saturated rings. The van der Waals surface area contributed by atoms with Crippen LogP contribution in [0.15, 0.2) is 60.2 Å². The van der Waals surface area contributed by atoms with Crippen molar-refractivity contribution in [2.45, 2.75) is 19.1 Å². The van der Waals surface area contributed by atoms with Gasteiger partial charge in [-0.25, -0.2) is 9.59 Å². The van der Waals surface area contributed by atoms with Crippen LogP contribution in [0, 0.1) is 0 Å². The molecule has 14 heteroatoms. The summed E-state index contributed by atoms with van der Waals surface area (Å²) < 4.78 is 47.7. The van der Waals surface area contributed by atoms with Gasteiger partial charge in [0.1, 0.15) is 23.3 Å². The van der Waals surface area contributed by atoms with Crippen LogP contribution in [0.2, 0.25) is 0 Å². The van der Waals surface area contributed by atoms with Crippen LogP contribution in [-0.2, 0) is 36.0 Å². The number of carbonyl (C=O) groups is 3. The molecule has 0 saturated heterocycles. The summed E-state index contributed by atoms with van der Waals surface area (Å²) in [5.74, 6) is -1.99. The van der Waals surface area contributed by atoms with Crippen molar-refractivity contribution in [2.24, 2.45) is 0 Å². The number of cyclic esters (lactones) is 1. The minimum Gasteiger partial charge on any atom is -0.497 e. The number of amides is 1. The highest BCUT2D eigenvalue weighted by molar-refractivity contribution is 7.00. The molecule has 1 aliphatic rings. The molecule has 3 aromatic carbocycles. The number of carbonyl (C=O) groups excluding carboxylic acids is 3. The van der Waals surface area contributed by atoms with Crippen LogP contribution >= 0.6 is 11.7 Å². The molecular formula is C32H31N3O10S. The third-order valence-corrected chi connectivity index (χ3v) is 7.71. The lowest BCUT2D eigenvalue weighted by atomic mass is 9.87. The molecule has 1 aliphatic heterocycles. The number of alkyl carbamates (subject to hydrolysis) is 1. The second kappa shape index (κ2) is 13.7. The molecule has 4 aromatic rings. The molecule has 1 aromatic heterocycles. The predicted molar refractivity (Wildman–Crippen MR) is 166 cm³/mol. The van der Waals surface area contributed by atoms with E-state index in [9.17, 15) is 14.4 Å². The standard InChI is InChI=1S/C32H31N3O10S/c1-6-43-27(36)17-33-31(38)45-32(20-8-7-9-21(16-20)39-2)22(12-18-13-25(40-3)29(42-5)26(14-18)41-4)28(30(37)44-32)19-10-11-23-24(15-19)35-46-34-23/h7-11,13-16H,6,12,17H2,1-5H3,(H,33,38). The van der Waals surface area contributed by atoms with E-state index in [0.29, 0.717) is 45.2 Å². The summed E-state index contributed by atoms with van der Waals surface area (Å²) in [6.07, 6.45) is -1.03. The highest BCUT2D eigenvalue weighted by Gasteiger charge is 2.53. The van der Waals surface area contributed by atoms with E-state index in [1.54, 1.807) is 61.5 Å². The molecule has 240 valence electrons. The number of hydrogen-bond donors (Lipinski definition) is 1. The summed E-state index contributed by atoms with van der Waals surface area (Å²) in [7, 11) is 5.95. The molecule has 0 saturated carbocycles. The number of hydrogen-bond acceptors (Lipinski definition) is 13. The summed E-state index contributed by atoms with van der Waals surface area (Å²) in [5.41, 5.74) is 2.99. The Morgan fingerprint density at radius 1 is 0.913 bits per heavy atom. The van der Waals surface area contributed by atoms with Crippen molar-refractivity contribution in [3.8, 4) is 23.0 Å². The Kier molecular flexibility index (Phi) is 9.56. The molecule has 0 bridgehead atoms. The zero-order chi connectivity index (χ0) is 32.8.